The molecule has 2 N–H and O–H groups in total. The lowest BCUT2D eigenvalue weighted by atomic mass is 10.1. The van der Waals surface area contributed by atoms with Gasteiger partial charge in [-0.2, -0.15) is 0 Å². The predicted octanol–water partition coefficient (Wildman–Crippen LogP) is 4.78. The largest absolute Gasteiger partial charge is 0.524 e. The molecule has 1 heterocycles. The maximum absolute atomic E-state index is 11.8. The quantitative estimate of drug-likeness (QED) is 0.376. The Hall–Kier alpha value is -2.86. The highest BCUT2D eigenvalue weighted by Crippen LogP contribution is 2.52. The third kappa shape index (κ3) is 3.60. The Balaban J connectivity index is 2.85. The summed E-state index contributed by atoms with van der Waals surface area (Å²) in [6.45, 7) is 0. The molecule has 0 fully saturated rings. The summed E-state index contributed by atoms with van der Waals surface area (Å²) in [5.74, 6) is -4.79. The lowest BCUT2D eigenvalue weighted by Crippen LogP contribution is -2.08. The minimum absolute atomic E-state index is 0.560. The van der Waals surface area contributed by atoms with Crippen LogP contribution >= 0.6 is 46.4 Å². The number of hydrogen-bond donors (Lipinski definition) is 2. The van der Waals surface area contributed by atoms with E-state index >= 15 is 0 Å². The van der Waals surface area contributed by atoms with Gasteiger partial charge in [0, 0.05) is 0 Å². The van der Waals surface area contributed by atoms with Gasteiger partial charge in [-0.1, -0.05) is 46.4 Å². The Morgan fingerprint density at radius 1 is 0.655 bits per heavy atom. The zero-order valence-corrected chi connectivity index (χ0v) is 16.1. The Kier molecular flexibility index (Phi) is 5.41. The first kappa shape index (κ1) is 20.9. The van der Waals surface area contributed by atoms with E-state index in [0.29, 0.717) is 0 Å². The molecule has 1 aromatic heterocycles. The number of hydrogen-bond acceptors (Lipinski definition) is 9. The molecule has 29 heavy (non-hydrogen) atoms. The molecule has 0 aliphatic carbocycles. The van der Waals surface area contributed by atoms with Crippen LogP contribution in [0.1, 0.15) is 0 Å². The number of benzene rings is 2. The molecule has 0 aliphatic heterocycles. The molecular formula is C14H2Cl4O11. The number of ether oxygens (including phenoxy) is 2. The molecule has 2 bridgehead atoms. The second-order valence-corrected chi connectivity index (χ2v) is 6.38. The molecule has 0 aliphatic rings. The molecule has 0 atom stereocenters. The van der Waals surface area contributed by atoms with Crippen LogP contribution < -0.4 is 21.1 Å². The smallest absolute Gasteiger partial charge is 0.449 e. The third-order valence-corrected chi connectivity index (χ3v) is 4.89. The molecule has 15 heteroatoms. The maximum atomic E-state index is 11.8. The van der Waals surface area contributed by atoms with Crippen molar-refractivity contribution in [2.75, 3.05) is 0 Å². The van der Waals surface area contributed by atoms with E-state index in [9.17, 15) is 19.2 Å². The molecule has 152 valence electrons. The third-order valence-electron chi connectivity index (χ3n) is 3.26. The highest BCUT2D eigenvalue weighted by atomic mass is 35.5. The van der Waals surface area contributed by atoms with Gasteiger partial charge in [0.25, 0.3) is 0 Å². The van der Waals surface area contributed by atoms with Gasteiger partial charge in [-0.3, -0.25) is 0 Å². The molecule has 0 saturated heterocycles. The van der Waals surface area contributed by atoms with E-state index in [-0.39, 0.29) is 0 Å². The first-order valence-corrected chi connectivity index (χ1v) is 8.32. The van der Waals surface area contributed by atoms with Crippen LogP contribution in [0.2, 0.25) is 20.1 Å². The van der Waals surface area contributed by atoms with Crippen molar-refractivity contribution in [2.45, 2.75) is 0 Å². The molecule has 3 rings (SSSR count). The fourth-order valence-electron chi connectivity index (χ4n) is 2.33. The number of halogens is 4. The summed E-state index contributed by atoms with van der Waals surface area (Å²) < 4.78 is 23.0. The summed E-state index contributed by atoms with van der Waals surface area (Å²) in [5, 5.41) is 14.5. The average Bonchev–Trinajstić information content (AvgIpc) is 2.68. The van der Waals surface area contributed by atoms with Gasteiger partial charge < -0.3 is 32.9 Å². The summed E-state index contributed by atoms with van der Waals surface area (Å²) in [6.07, 6.45) is -3.77. The standard InChI is InChI=1S/C14H2Cl4O11/c15-3-4(16)8(26-12(21)22)2-1(7(3)25-11(19)20)9-5(17)6(18)10(2)28-14(24)29-13(23)27-9/h(H,19,20)(H,21,22). The van der Waals surface area contributed by atoms with E-state index in [2.05, 4.69) is 13.9 Å². The average molecular weight is 488 g/mol. The van der Waals surface area contributed by atoms with Gasteiger partial charge in [0.15, 0.2) is 22.7 Å². The van der Waals surface area contributed by atoms with Crippen LogP contribution in [0, 0.1) is 0 Å². The van der Waals surface area contributed by atoms with Crippen molar-refractivity contribution in [3.63, 3.8) is 0 Å². The zero-order valence-electron chi connectivity index (χ0n) is 13.1. The van der Waals surface area contributed by atoms with Crippen LogP contribution in [-0.2, 0) is 0 Å². The molecule has 0 saturated carbocycles. The van der Waals surface area contributed by atoms with Crippen molar-refractivity contribution in [1.82, 2.24) is 0 Å². The van der Waals surface area contributed by atoms with Crippen molar-refractivity contribution in [3.8, 4) is 11.5 Å². The second kappa shape index (κ2) is 7.52. The summed E-state index contributed by atoms with van der Waals surface area (Å²) >= 11 is 24.1. The normalized spacial score (nSPS) is 10.9. The maximum Gasteiger partial charge on any atom is 0.524 e. The lowest BCUT2D eigenvalue weighted by molar-refractivity contribution is 0.142. The van der Waals surface area contributed by atoms with Crippen molar-refractivity contribution < 1.29 is 42.5 Å². The zero-order chi connectivity index (χ0) is 21.6. The van der Waals surface area contributed by atoms with Gasteiger partial charge in [0.1, 0.15) is 20.1 Å². The van der Waals surface area contributed by atoms with E-state index in [1.165, 1.54) is 0 Å². The Labute approximate surface area is 176 Å². The van der Waals surface area contributed by atoms with Crippen LogP contribution in [0.5, 0.6) is 11.5 Å². The highest BCUT2D eigenvalue weighted by molar-refractivity contribution is 6.51. The summed E-state index contributed by atoms with van der Waals surface area (Å²) in [5.41, 5.74) is -1.41. The van der Waals surface area contributed by atoms with E-state index in [1.807, 2.05) is 0 Å². The summed E-state index contributed by atoms with van der Waals surface area (Å²) in [6, 6.07) is 0. The number of rotatable bonds is 2. The molecule has 11 nitrogen and oxygen atoms in total. The molecule has 0 amide bonds. The number of carbonyl (C=O) groups is 2. The van der Waals surface area contributed by atoms with Gasteiger partial charge in [-0.05, 0) is 0 Å². The minimum atomic E-state index is -1.89. The lowest BCUT2D eigenvalue weighted by Gasteiger charge is -2.15. The van der Waals surface area contributed by atoms with Crippen LogP contribution in [0.25, 0.3) is 21.9 Å². The van der Waals surface area contributed by atoms with Crippen molar-refractivity contribution in [2.24, 2.45) is 0 Å². The monoisotopic (exact) mass is 486 g/mol. The molecule has 0 spiro atoms. The van der Waals surface area contributed by atoms with E-state index < -0.39 is 77.5 Å². The Bertz CT molecular complexity index is 1250. The van der Waals surface area contributed by atoms with Gasteiger partial charge in [-0.25, -0.2) is 19.2 Å². The van der Waals surface area contributed by atoms with E-state index in [4.69, 9.17) is 65.5 Å². The van der Waals surface area contributed by atoms with Crippen LogP contribution in [-0.4, -0.2) is 22.5 Å². The van der Waals surface area contributed by atoms with Crippen LogP contribution in [0.4, 0.5) is 9.59 Å². The Morgan fingerprint density at radius 3 is 1.31 bits per heavy atom. The summed E-state index contributed by atoms with van der Waals surface area (Å²) in [7, 11) is 0. The predicted molar refractivity (Wildman–Crippen MR) is 97.0 cm³/mol. The van der Waals surface area contributed by atoms with Gasteiger partial charge in [0.05, 0.1) is 10.8 Å². The Morgan fingerprint density at radius 2 is 1.00 bits per heavy atom. The van der Waals surface area contributed by atoms with Crippen molar-refractivity contribution in [1.29, 1.82) is 0 Å². The van der Waals surface area contributed by atoms with Crippen LogP contribution in [0.3, 0.4) is 0 Å². The van der Waals surface area contributed by atoms with Crippen molar-refractivity contribution in [3.05, 3.63) is 41.3 Å². The van der Waals surface area contributed by atoms with Gasteiger partial charge >= 0.3 is 24.0 Å². The van der Waals surface area contributed by atoms with Gasteiger partial charge in [-0.15, -0.1) is 0 Å². The van der Waals surface area contributed by atoms with Crippen LogP contribution in [0.15, 0.2) is 22.8 Å². The molecule has 0 radical (unpaired) electrons. The van der Waals surface area contributed by atoms with Gasteiger partial charge in [0.2, 0.25) is 0 Å². The molecule has 3 aromatic rings. The second-order valence-electron chi connectivity index (χ2n) is 4.86. The molecular weight excluding hydrogens is 486 g/mol. The van der Waals surface area contributed by atoms with E-state index in [1.54, 1.807) is 0 Å². The fraction of sp³-hybridized carbons (Fsp3) is 0. The van der Waals surface area contributed by atoms with Crippen molar-refractivity contribution >= 4 is 80.7 Å². The number of carboxylic acid groups (broad SMARTS) is 2. The molecule has 2 aromatic carbocycles. The first-order valence-electron chi connectivity index (χ1n) is 6.81. The fourth-order valence-corrected chi connectivity index (χ4v) is 3.21. The molecule has 0 unspecified atom stereocenters. The first-order chi connectivity index (χ1) is 13.5. The summed E-state index contributed by atoms with van der Waals surface area (Å²) in [4.78, 5) is 45.7. The highest BCUT2D eigenvalue weighted by Gasteiger charge is 2.30. The SMILES string of the molecule is O=C(O)Oc1c(Cl)c(Cl)c(OC(=O)O)c2c3oc(=O)oc(=O)oc(c(Cl)c3Cl)c12. The van der Waals surface area contributed by atoms with E-state index in [0.717, 1.165) is 0 Å². The minimum Gasteiger partial charge on any atom is -0.449 e. The topological polar surface area (TPSA) is 167 Å².